The Hall–Kier alpha value is -0.880. The largest absolute Gasteiger partial charge is 0.454 e. The molecule has 2 aromatic rings. The monoisotopic (exact) mass is 315 g/mol. The second kappa shape index (κ2) is 5.64. The van der Waals surface area contributed by atoms with Crippen LogP contribution < -0.4 is 5.32 Å². The molecule has 92 valence electrons. The van der Waals surface area contributed by atoms with Crippen LogP contribution in [0.4, 0.5) is 5.13 Å². The van der Waals surface area contributed by atoms with Gasteiger partial charge in [0, 0.05) is 30.4 Å². The minimum Gasteiger partial charge on any atom is -0.454 e. The van der Waals surface area contributed by atoms with E-state index in [4.69, 9.17) is 4.42 Å². The molecule has 0 saturated carbocycles. The Morgan fingerprint density at radius 1 is 1.47 bits per heavy atom. The molecule has 0 aliphatic heterocycles. The van der Waals surface area contributed by atoms with Crippen LogP contribution in [0.5, 0.6) is 0 Å². The number of hydrogen-bond donors (Lipinski definition) is 1. The maximum absolute atomic E-state index is 5.41. The third kappa shape index (κ3) is 3.54. The molecule has 17 heavy (non-hydrogen) atoms. The first-order valence-corrected chi connectivity index (χ1v) is 7.03. The van der Waals surface area contributed by atoms with Crippen molar-refractivity contribution >= 4 is 32.6 Å². The number of nitrogens with zero attached hydrogens (tertiary/aromatic N) is 2. The Morgan fingerprint density at radius 3 is 2.88 bits per heavy atom. The van der Waals surface area contributed by atoms with Gasteiger partial charge in [0.1, 0.15) is 11.6 Å². The number of rotatable bonds is 5. The molecule has 0 spiro atoms. The van der Waals surface area contributed by atoms with E-state index in [0.29, 0.717) is 5.92 Å². The highest BCUT2D eigenvalue weighted by atomic mass is 79.9. The van der Waals surface area contributed by atoms with Gasteiger partial charge < -0.3 is 9.73 Å². The number of anilines is 1. The van der Waals surface area contributed by atoms with Crippen molar-refractivity contribution in [1.29, 1.82) is 0 Å². The minimum absolute atomic E-state index is 0.378. The first-order valence-electron chi connectivity index (χ1n) is 5.47. The summed E-state index contributed by atoms with van der Waals surface area (Å²) in [6, 6.07) is 3.86. The van der Waals surface area contributed by atoms with E-state index < -0.39 is 0 Å². The van der Waals surface area contributed by atoms with Crippen molar-refractivity contribution < 1.29 is 4.42 Å². The lowest BCUT2D eigenvalue weighted by Crippen LogP contribution is -2.04. The highest BCUT2D eigenvalue weighted by Gasteiger charge is 2.07. The molecule has 2 heterocycles. The molecule has 6 heteroatoms. The molecular formula is C11H14BrN3OS. The molecule has 2 rings (SSSR count). The van der Waals surface area contributed by atoms with Gasteiger partial charge in [0.15, 0.2) is 4.67 Å². The van der Waals surface area contributed by atoms with Gasteiger partial charge in [-0.15, -0.1) is 0 Å². The van der Waals surface area contributed by atoms with Gasteiger partial charge in [0.2, 0.25) is 5.13 Å². The Kier molecular flexibility index (Phi) is 4.17. The van der Waals surface area contributed by atoms with E-state index in [1.807, 2.05) is 12.1 Å². The van der Waals surface area contributed by atoms with Crippen LogP contribution in [0.3, 0.4) is 0 Å². The third-order valence-electron chi connectivity index (χ3n) is 2.23. The van der Waals surface area contributed by atoms with Crippen molar-refractivity contribution in [2.24, 2.45) is 0 Å². The summed E-state index contributed by atoms with van der Waals surface area (Å²) in [5.41, 5.74) is 0. The molecule has 0 atom stereocenters. The van der Waals surface area contributed by atoms with Crippen molar-refractivity contribution in [3.63, 3.8) is 0 Å². The zero-order valence-electron chi connectivity index (χ0n) is 9.74. The van der Waals surface area contributed by atoms with Crippen molar-refractivity contribution in [3.8, 4) is 0 Å². The average molecular weight is 316 g/mol. The van der Waals surface area contributed by atoms with Crippen molar-refractivity contribution in [3.05, 3.63) is 28.4 Å². The fraction of sp³-hybridized carbons (Fsp3) is 0.455. The molecule has 0 aliphatic carbocycles. The van der Waals surface area contributed by atoms with Crippen molar-refractivity contribution in [2.45, 2.75) is 26.2 Å². The summed E-state index contributed by atoms with van der Waals surface area (Å²) < 4.78 is 10.5. The van der Waals surface area contributed by atoms with Crippen LogP contribution in [0.1, 0.15) is 31.4 Å². The van der Waals surface area contributed by atoms with Crippen molar-refractivity contribution in [2.75, 3.05) is 11.9 Å². The van der Waals surface area contributed by atoms with Gasteiger partial charge in [-0.25, -0.2) is 4.98 Å². The van der Waals surface area contributed by atoms with Crippen LogP contribution in [0.15, 0.2) is 21.2 Å². The Labute approximate surface area is 113 Å². The number of nitrogens with one attached hydrogen (secondary N) is 1. The summed E-state index contributed by atoms with van der Waals surface area (Å²) in [4.78, 5) is 4.40. The topological polar surface area (TPSA) is 51.0 Å². The highest BCUT2D eigenvalue weighted by Crippen LogP contribution is 2.18. The summed E-state index contributed by atoms with van der Waals surface area (Å²) in [6.45, 7) is 4.98. The second-order valence-corrected chi connectivity index (χ2v) is 5.53. The highest BCUT2D eigenvalue weighted by molar-refractivity contribution is 9.10. The predicted octanol–water partition coefficient (Wildman–Crippen LogP) is 3.67. The smallest absolute Gasteiger partial charge is 0.202 e. The van der Waals surface area contributed by atoms with Crippen LogP contribution in [0.25, 0.3) is 0 Å². The molecule has 0 saturated heterocycles. The van der Waals surface area contributed by atoms with Crippen LogP contribution in [-0.2, 0) is 6.42 Å². The second-order valence-electron chi connectivity index (χ2n) is 4.00. The molecule has 0 radical (unpaired) electrons. The van der Waals surface area contributed by atoms with Crippen LogP contribution in [0, 0.1) is 0 Å². The molecule has 0 unspecified atom stereocenters. The number of aromatic nitrogens is 2. The van der Waals surface area contributed by atoms with Gasteiger partial charge in [0.05, 0.1) is 0 Å². The van der Waals surface area contributed by atoms with E-state index >= 15 is 0 Å². The number of halogens is 1. The molecule has 1 N–H and O–H groups in total. The quantitative estimate of drug-likeness (QED) is 0.914. The molecular weight excluding hydrogens is 302 g/mol. The molecule has 0 bridgehead atoms. The van der Waals surface area contributed by atoms with Gasteiger partial charge in [-0.1, -0.05) is 13.8 Å². The van der Waals surface area contributed by atoms with E-state index in [1.54, 1.807) is 0 Å². The van der Waals surface area contributed by atoms with Crippen LogP contribution in [-0.4, -0.2) is 15.9 Å². The first kappa shape index (κ1) is 12.6. The Morgan fingerprint density at radius 2 is 2.29 bits per heavy atom. The van der Waals surface area contributed by atoms with Crippen LogP contribution in [0.2, 0.25) is 0 Å². The maximum atomic E-state index is 5.41. The number of hydrogen-bond acceptors (Lipinski definition) is 5. The lowest BCUT2D eigenvalue weighted by Gasteiger charge is -1.99. The normalized spacial score (nSPS) is 11.1. The number of furan rings is 1. The van der Waals surface area contributed by atoms with E-state index in [1.165, 1.54) is 11.5 Å². The van der Waals surface area contributed by atoms with Crippen LogP contribution >= 0.6 is 27.5 Å². The standard InChI is InChI=1S/C11H14BrN3OS/c1-7(2)10-14-11(17-15-10)13-6-5-8-3-4-9(12)16-8/h3-4,7H,5-6H2,1-2H3,(H,13,14,15). The van der Waals surface area contributed by atoms with Gasteiger partial charge >= 0.3 is 0 Å². The first-order chi connectivity index (χ1) is 8.15. The summed E-state index contributed by atoms with van der Waals surface area (Å²) in [7, 11) is 0. The molecule has 2 aromatic heterocycles. The van der Waals surface area contributed by atoms with Gasteiger partial charge in [-0.05, 0) is 28.1 Å². The molecule has 4 nitrogen and oxygen atoms in total. The fourth-order valence-corrected chi connectivity index (χ4v) is 2.39. The molecule has 0 fully saturated rings. The predicted molar refractivity (Wildman–Crippen MR) is 72.6 cm³/mol. The Balaban J connectivity index is 1.81. The molecule has 0 amide bonds. The Bertz CT molecular complexity index is 481. The van der Waals surface area contributed by atoms with Gasteiger partial charge in [-0.2, -0.15) is 4.37 Å². The van der Waals surface area contributed by atoms with E-state index in [2.05, 4.69) is 44.5 Å². The average Bonchev–Trinajstić information content (AvgIpc) is 2.88. The van der Waals surface area contributed by atoms with Gasteiger partial charge in [0.25, 0.3) is 0 Å². The van der Waals surface area contributed by atoms with Crippen molar-refractivity contribution in [1.82, 2.24) is 9.36 Å². The summed E-state index contributed by atoms with van der Waals surface area (Å²) in [5, 5.41) is 4.12. The minimum atomic E-state index is 0.378. The molecule has 0 aromatic carbocycles. The van der Waals surface area contributed by atoms with E-state index in [-0.39, 0.29) is 0 Å². The van der Waals surface area contributed by atoms with E-state index in [9.17, 15) is 0 Å². The third-order valence-corrected chi connectivity index (χ3v) is 3.35. The summed E-state index contributed by atoms with van der Waals surface area (Å²) >= 11 is 4.69. The summed E-state index contributed by atoms with van der Waals surface area (Å²) in [6.07, 6.45) is 0.836. The lowest BCUT2D eigenvalue weighted by atomic mass is 10.2. The fourth-order valence-electron chi connectivity index (χ4n) is 1.32. The summed E-state index contributed by atoms with van der Waals surface area (Å²) in [5.74, 6) is 2.24. The molecule has 0 aliphatic rings. The lowest BCUT2D eigenvalue weighted by molar-refractivity contribution is 0.491. The van der Waals surface area contributed by atoms with E-state index in [0.717, 1.165) is 34.4 Å². The van der Waals surface area contributed by atoms with Gasteiger partial charge in [-0.3, -0.25) is 0 Å². The maximum Gasteiger partial charge on any atom is 0.202 e. The SMILES string of the molecule is CC(C)c1nsc(NCCc2ccc(Br)o2)n1. The zero-order valence-corrected chi connectivity index (χ0v) is 12.1. The zero-order chi connectivity index (χ0) is 12.3.